The van der Waals surface area contributed by atoms with Gasteiger partial charge in [-0.15, -0.1) is 11.8 Å². The first-order valence-electron chi connectivity index (χ1n) is 21.2. The number of thioether (sulfide) groups is 1. The average Bonchev–Trinajstić information content (AvgIpc) is 3.24. The SMILES string of the molecule is C=C(CCC1=C(CN2CCN(c3ccc(C(=O)NS(=O)(=O)c4ccc(N[C@H](CCN(C)CCO)CSc5ccccc5)c(S(=O)(=O)C(F)(F)F)c4)cc3)CC2)CCC(C)(C)C1)C(F)(F)F. The Balaban J connectivity index is 1.26. The number of allylic oxidation sites excluding steroid dienone is 2. The number of sulfone groups is 1. The molecule has 2 aliphatic rings. The number of hydrogen-bond donors (Lipinski definition) is 3. The van der Waals surface area contributed by atoms with E-state index in [-0.39, 0.29) is 24.0 Å². The molecular formula is C45H57F6N5O6S3. The summed E-state index contributed by atoms with van der Waals surface area (Å²) in [6, 6.07) is 16.9. The second-order valence-corrected chi connectivity index (χ2v) is 22.0. The molecule has 1 aliphatic carbocycles. The lowest BCUT2D eigenvalue weighted by Gasteiger charge is -2.39. The van der Waals surface area contributed by atoms with E-state index in [1.54, 1.807) is 24.1 Å². The van der Waals surface area contributed by atoms with Crippen molar-refractivity contribution in [3.05, 3.63) is 102 Å². The Kier molecular flexibility index (Phi) is 17.3. The van der Waals surface area contributed by atoms with E-state index in [1.165, 1.54) is 29.5 Å². The molecule has 20 heteroatoms. The number of rotatable bonds is 20. The van der Waals surface area contributed by atoms with Crippen molar-refractivity contribution in [1.82, 2.24) is 14.5 Å². The first-order chi connectivity index (χ1) is 30.4. The van der Waals surface area contributed by atoms with Crippen LogP contribution in [0, 0.1) is 5.41 Å². The number of alkyl halides is 6. The number of halogens is 6. The van der Waals surface area contributed by atoms with Crippen LogP contribution in [-0.2, 0) is 19.9 Å². The van der Waals surface area contributed by atoms with Crippen LogP contribution in [0.2, 0.25) is 0 Å². The van der Waals surface area contributed by atoms with Crippen molar-refractivity contribution in [2.24, 2.45) is 5.41 Å². The van der Waals surface area contributed by atoms with Crippen molar-refractivity contribution >= 4 is 48.9 Å². The molecule has 3 aromatic carbocycles. The summed E-state index contributed by atoms with van der Waals surface area (Å²) >= 11 is 1.38. The third-order valence-electron chi connectivity index (χ3n) is 11.7. The number of nitrogens with one attached hydrogen (secondary N) is 2. The molecule has 11 nitrogen and oxygen atoms in total. The molecule has 1 saturated heterocycles. The number of benzene rings is 3. The van der Waals surface area contributed by atoms with Gasteiger partial charge in [0.2, 0.25) is 0 Å². The van der Waals surface area contributed by atoms with Crippen LogP contribution in [0.4, 0.5) is 37.7 Å². The van der Waals surface area contributed by atoms with Gasteiger partial charge in [-0.3, -0.25) is 9.69 Å². The van der Waals surface area contributed by atoms with Gasteiger partial charge in [0.25, 0.3) is 25.8 Å². The van der Waals surface area contributed by atoms with Gasteiger partial charge in [-0.1, -0.05) is 49.8 Å². The third-order valence-corrected chi connectivity index (χ3v) is 15.7. The Morgan fingerprint density at radius 2 is 1.58 bits per heavy atom. The largest absolute Gasteiger partial charge is 0.501 e. The Morgan fingerprint density at radius 3 is 2.20 bits per heavy atom. The highest BCUT2D eigenvalue weighted by molar-refractivity contribution is 7.99. The van der Waals surface area contributed by atoms with Gasteiger partial charge in [0, 0.05) is 72.8 Å². The zero-order valence-corrected chi connectivity index (χ0v) is 39.1. The van der Waals surface area contributed by atoms with E-state index in [9.17, 15) is 53.1 Å². The maximum Gasteiger partial charge on any atom is 0.501 e. The molecule has 0 saturated carbocycles. The normalized spacial score (nSPS) is 17.0. The number of aliphatic hydroxyl groups is 1. The predicted octanol–water partition coefficient (Wildman–Crippen LogP) is 8.51. The van der Waals surface area contributed by atoms with Crippen molar-refractivity contribution in [3.8, 4) is 0 Å². The molecule has 1 aliphatic heterocycles. The summed E-state index contributed by atoms with van der Waals surface area (Å²) in [4.78, 5) is 18.1. The zero-order valence-electron chi connectivity index (χ0n) is 36.6. The number of aliphatic hydroxyl groups excluding tert-OH is 1. The minimum Gasteiger partial charge on any atom is -0.395 e. The minimum absolute atomic E-state index is 0.00348. The maximum atomic E-state index is 14.1. The molecule has 1 heterocycles. The fraction of sp³-hybridized carbons (Fsp3) is 0.489. The molecule has 1 amide bonds. The highest BCUT2D eigenvalue weighted by Gasteiger charge is 2.48. The molecule has 3 N–H and O–H groups in total. The number of carbonyl (C=O) groups is 1. The van der Waals surface area contributed by atoms with Gasteiger partial charge in [-0.2, -0.15) is 26.3 Å². The lowest BCUT2D eigenvalue weighted by molar-refractivity contribution is -0.0935. The van der Waals surface area contributed by atoms with Crippen LogP contribution in [0.3, 0.4) is 0 Å². The van der Waals surface area contributed by atoms with Gasteiger partial charge in [0.05, 0.1) is 17.2 Å². The minimum atomic E-state index is -6.10. The van der Waals surface area contributed by atoms with E-state index in [2.05, 4.69) is 35.5 Å². The molecule has 358 valence electrons. The molecule has 0 unspecified atom stereocenters. The van der Waals surface area contributed by atoms with Gasteiger partial charge in [-0.05, 0) is 112 Å². The molecule has 0 radical (unpaired) electrons. The van der Waals surface area contributed by atoms with Gasteiger partial charge >= 0.3 is 11.7 Å². The number of anilines is 2. The summed E-state index contributed by atoms with van der Waals surface area (Å²) in [6.45, 7) is 11.3. The second-order valence-electron chi connectivity index (χ2n) is 17.3. The smallest absolute Gasteiger partial charge is 0.395 e. The first kappa shape index (κ1) is 51.9. The summed E-state index contributed by atoms with van der Waals surface area (Å²) < 4.78 is 137. The van der Waals surface area contributed by atoms with Crippen molar-refractivity contribution in [2.45, 2.75) is 84.8 Å². The lowest BCUT2D eigenvalue weighted by Crippen LogP contribution is -2.47. The predicted molar refractivity (Wildman–Crippen MR) is 242 cm³/mol. The Hall–Kier alpha value is -4.08. The van der Waals surface area contributed by atoms with Crippen LogP contribution in [0.5, 0.6) is 0 Å². The lowest BCUT2D eigenvalue weighted by atomic mass is 9.73. The van der Waals surface area contributed by atoms with Crippen LogP contribution in [-0.4, -0.2) is 121 Å². The summed E-state index contributed by atoms with van der Waals surface area (Å²) in [7, 11) is -9.26. The molecule has 0 aromatic heterocycles. The Bertz CT molecular complexity index is 2370. The molecule has 5 rings (SSSR count). The maximum absolute atomic E-state index is 14.1. The highest BCUT2D eigenvalue weighted by Crippen LogP contribution is 2.42. The van der Waals surface area contributed by atoms with E-state index < -0.39 is 64.5 Å². The van der Waals surface area contributed by atoms with Crippen LogP contribution < -0.4 is 14.9 Å². The number of likely N-dealkylation sites (N-methyl/N-ethyl adjacent to an activating group) is 1. The van der Waals surface area contributed by atoms with Crippen LogP contribution in [0.15, 0.2) is 111 Å². The Labute approximate surface area is 382 Å². The Morgan fingerprint density at radius 1 is 0.923 bits per heavy atom. The van der Waals surface area contributed by atoms with Gasteiger partial charge in [-0.25, -0.2) is 21.6 Å². The number of amides is 1. The van der Waals surface area contributed by atoms with E-state index in [4.69, 9.17) is 0 Å². The van der Waals surface area contributed by atoms with Crippen LogP contribution in [0.1, 0.15) is 62.7 Å². The number of nitrogens with zero attached hydrogens (tertiary/aromatic N) is 3. The average molecular weight is 974 g/mol. The quantitative estimate of drug-likeness (QED) is 0.0571. The van der Waals surface area contributed by atoms with E-state index >= 15 is 0 Å². The fourth-order valence-electron chi connectivity index (χ4n) is 7.78. The van der Waals surface area contributed by atoms with Crippen molar-refractivity contribution < 1.29 is 53.1 Å². The first-order valence-corrected chi connectivity index (χ1v) is 25.1. The molecule has 1 atom stereocenters. The van der Waals surface area contributed by atoms with Gasteiger partial charge in [0.1, 0.15) is 4.90 Å². The number of carbonyl (C=O) groups excluding carboxylic acids is 1. The third kappa shape index (κ3) is 14.5. The molecule has 1 fully saturated rings. The summed E-state index contributed by atoms with van der Waals surface area (Å²) in [5.74, 6) is -0.797. The monoisotopic (exact) mass is 973 g/mol. The van der Waals surface area contributed by atoms with Crippen molar-refractivity contribution in [1.29, 1.82) is 0 Å². The van der Waals surface area contributed by atoms with Gasteiger partial charge < -0.3 is 20.2 Å². The molecular weight excluding hydrogens is 917 g/mol. The highest BCUT2D eigenvalue weighted by atomic mass is 32.2. The number of sulfonamides is 1. The molecule has 0 bridgehead atoms. The topological polar surface area (TPSA) is 139 Å². The van der Waals surface area contributed by atoms with E-state index in [1.807, 2.05) is 35.1 Å². The number of piperazine rings is 1. The van der Waals surface area contributed by atoms with Crippen molar-refractivity contribution in [2.75, 3.05) is 75.4 Å². The standard InChI is InChI=1S/C45H57F6N5O6S3/c1-32(44(46,47)48)10-11-34-29-43(2,3)20-18-35(34)30-55-22-24-56(25-23-55)37-14-12-33(13-15-37)42(58)53-65(61,62)39-16-17-40(41(28-39)64(59,60)45(49,50)51)52-36(19-21-54(4)26-27-57)31-63-38-8-6-5-7-9-38/h5-9,12-17,28,36,52,57H,1,10-11,18-27,29-31H2,2-4H3,(H,53,58)/t36-/m1/s1. The van der Waals surface area contributed by atoms with E-state index in [0.29, 0.717) is 70.5 Å². The number of hydrogen-bond acceptors (Lipinski definition) is 11. The molecule has 65 heavy (non-hydrogen) atoms. The molecule has 0 spiro atoms. The second kappa shape index (κ2) is 21.7. The van der Waals surface area contributed by atoms with Crippen molar-refractivity contribution in [3.63, 3.8) is 0 Å². The van der Waals surface area contributed by atoms with Crippen LogP contribution >= 0.6 is 11.8 Å². The van der Waals surface area contributed by atoms with E-state index in [0.717, 1.165) is 47.6 Å². The summed E-state index contributed by atoms with van der Waals surface area (Å²) in [6.07, 6.45) is -1.41. The van der Waals surface area contributed by atoms with Crippen LogP contribution in [0.25, 0.3) is 0 Å². The zero-order chi connectivity index (χ0) is 47.8. The molecule has 3 aromatic rings. The summed E-state index contributed by atoms with van der Waals surface area (Å²) in [5, 5.41) is 12.2. The van der Waals surface area contributed by atoms with Gasteiger partial charge in [0.15, 0.2) is 0 Å². The summed E-state index contributed by atoms with van der Waals surface area (Å²) in [5.41, 5.74) is -4.06. The fourth-order valence-corrected chi connectivity index (χ4v) is 10.8.